The predicted octanol–water partition coefficient (Wildman–Crippen LogP) is 2.97. The number of rotatable bonds is 6. The van der Waals surface area contributed by atoms with E-state index in [0.717, 1.165) is 5.56 Å². The van der Waals surface area contributed by atoms with Crippen molar-refractivity contribution in [3.63, 3.8) is 0 Å². The van der Waals surface area contributed by atoms with Gasteiger partial charge in [0.25, 0.3) is 0 Å². The van der Waals surface area contributed by atoms with Gasteiger partial charge in [-0.05, 0) is 64.3 Å². The van der Waals surface area contributed by atoms with Crippen LogP contribution in [0, 0.1) is 11.3 Å². The molecule has 6 heteroatoms. The summed E-state index contributed by atoms with van der Waals surface area (Å²) in [5.41, 5.74) is 1.52. The number of aryl methyl sites for hydroxylation is 1. The molecule has 0 fully saturated rings. The Kier molecular flexibility index (Phi) is 6.58. The van der Waals surface area contributed by atoms with Crippen LogP contribution in [-0.2, 0) is 16.0 Å². The molecule has 1 aromatic rings. The Labute approximate surface area is 136 Å². The second-order valence-electron chi connectivity index (χ2n) is 6.33. The van der Waals surface area contributed by atoms with Gasteiger partial charge in [-0.15, -0.1) is 0 Å². The molecule has 0 aliphatic heterocycles. The molecule has 0 aliphatic carbocycles. The molecule has 0 aromatic heterocycles. The number of carbonyl (C=O) groups excluding carboxylic acids is 2. The summed E-state index contributed by atoms with van der Waals surface area (Å²) in [4.78, 5) is 22.4. The van der Waals surface area contributed by atoms with Crippen molar-refractivity contribution in [3.05, 3.63) is 29.3 Å². The Bertz CT molecular complexity index is 600. The standard InChI is InChI=1S/C17H23N3O3/c1-12(20-16(22)23-17(2,3)4)5-7-14-9-13(10-18)6-8-15(14)19-11-21/h6,8-9,11-12H,5,7H2,1-4H3,(H,19,21)(H,20,22)/t12-/m1/s1. The van der Waals surface area contributed by atoms with Crippen LogP contribution < -0.4 is 10.6 Å². The first kappa shape index (κ1) is 18.5. The van der Waals surface area contributed by atoms with E-state index in [4.69, 9.17) is 10.00 Å². The minimum absolute atomic E-state index is 0.0975. The Morgan fingerprint density at radius 2 is 2.13 bits per heavy atom. The van der Waals surface area contributed by atoms with E-state index in [9.17, 15) is 9.59 Å². The van der Waals surface area contributed by atoms with E-state index >= 15 is 0 Å². The van der Waals surface area contributed by atoms with Crippen LogP contribution in [0.5, 0.6) is 0 Å². The molecule has 1 atom stereocenters. The highest BCUT2D eigenvalue weighted by molar-refractivity contribution is 5.74. The molecule has 23 heavy (non-hydrogen) atoms. The molecule has 0 saturated carbocycles. The predicted molar refractivity (Wildman–Crippen MR) is 88.0 cm³/mol. The maximum atomic E-state index is 11.7. The third-order valence-corrected chi connectivity index (χ3v) is 3.06. The molecule has 0 unspecified atom stereocenters. The third-order valence-electron chi connectivity index (χ3n) is 3.06. The molecule has 2 amide bonds. The summed E-state index contributed by atoms with van der Waals surface area (Å²) in [6.07, 6.45) is 1.42. The van der Waals surface area contributed by atoms with E-state index in [1.807, 2.05) is 27.7 Å². The number of nitriles is 1. The van der Waals surface area contributed by atoms with Gasteiger partial charge in [0.1, 0.15) is 5.60 Å². The number of carbonyl (C=O) groups is 2. The monoisotopic (exact) mass is 317 g/mol. The van der Waals surface area contributed by atoms with Gasteiger partial charge in [0.2, 0.25) is 6.41 Å². The molecule has 1 rings (SSSR count). The molecule has 0 aliphatic rings. The molecule has 0 spiro atoms. The van der Waals surface area contributed by atoms with Crippen LogP contribution >= 0.6 is 0 Å². The minimum atomic E-state index is -0.536. The van der Waals surface area contributed by atoms with Gasteiger partial charge in [-0.3, -0.25) is 4.79 Å². The van der Waals surface area contributed by atoms with Gasteiger partial charge >= 0.3 is 6.09 Å². The van der Waals surface area contributed by atoms with Crippen LogP contribution in [0.4, 0.5) is 10.5 Å². The smallest absolute Gasteiger partial charge is 0.407 e. The second kappa shape index (κ2) is 8.18. The van der Waals surface area contributed by atoms with Crippen LogP contribution in [0.2, 0.25) is 0 Å². The number of hydrogen-bond acceptors (Lipinski definition) is 4. The van der Waals surface area contributed by atoms with Crippen molar-refractivity contribution in [2.45, 2.75) is 52.2 Å². The zero-order valence-corrected chi connectivity index (χ0v) is 14.0. The maximum absolute atomic E-state index is 11.7. The lowest BCUT2D eigenvalue weighted by Gasteiger charge is -2.22. The molecular weight excluding hydrogens is 294 g/mol. The van der Waals surface area contributed by atoms with Crippen molar-refractivity contribution < 1.29 is 14.3 Å². The minimum Gasteiger partial charge on any atom is -0.444 e. The number of benzene rings is 1. The van der Waals surface area contributed by atoms with E-state index in [2.05, 4.69) is 16.7 Å². The van der Waals surface area contributed by atoms with Gasteiger partial charge in [0.05, 0.1) is 11.6 Å². The van der Waals surface area contributed by atoms with Gasteiger partial charge in [-0.1, -0.05) is 0 Å². The van der Waals surface area contributed by atoms with Crippen LogP contribution in [0.15, 0.2) is 18.2 Å². The molecular formula is C17H23N3O3. The lowest BCUT2D eigenvalue weighted by molar-refractivity contribution is -0.105. The average Bonchev–Trinajstić information content (AvgIpc) is 2.44. The SMILES string of the molecule is C[C@H](CCc1cc(C#N)ccc1NC=O)NC(=O)OC(C)(C)C. The third kappa shape index (κ3) is 6.83. The summed E-state index contributed by atoms with van der Waals surface area (Å²) in [5.74, 6) is 0. The van der Waals surface area contributed by atoms with Crippen molar-refractivity contribution in [2.24, 2.45) is 0 Å². The van der Waals surface area contributed by atoms with Crippen molar-refractivity contribution in [3.8, 4) is 6.07 Å². The fourth-order valence-electron chi connectivity index (χ4n) is 2.03. The number of ether oxygens (including phenoxy) is 1. The first-order valence-electron chi connectivity index (χ1n) is 7.48. The lowest BCUT2D eigenvalue weighted by Crippen LogP contribution is -2.37. The number of anilines is 1. The molecule has 0 radical (unpaired) electrons. The second-order valence-corrected chi connectivity index (χ2v) is 6.33. The van der Waals surface area contributed by atoms with Crippen LogP contribution in [0.25, 0.3) is 0 Å². The molecule has 0 saturated heterocycles. The maximum Gasteiger partial charge on any atom is 0.407 e. The van der Waals surface area contributed by atoms with Crippen LogP contribution in [0.3, 0.4) is 0 Å². The Hall–Kier alpha value is -2.55. The highest BCUT2D eigenvalue weighted by atomic mass is 16.6. The van der Waals surface area contributed by atoms with Crippen molar-refractivity contribution in [2.75, 3.05) is 5.32 Å². The van der Waals surface area contributed by atoms with E-state index < -0.39 is 11.7 Å². The fourth-order valence-corrected chi connectivity index (χ4v) is 2.03. The summed E-state index contributed by atoms with van der Waals surface area (Å²) < 4.78 is 5.21. The summed E-state index contributed by atoms with van der Waals surface area (Å²) >= 11 is 0. The zero-order valence-electron chi connectivity index (χ0n) is 14.0. The highest BCUT2D eigenvalue weighted by Crippen LogP contribution is 2.19. The van der Waals surface area contributed by atoms with Crippen molar-refractivity contribution >= 4 is 18.2 Å². The van der Waals surface area contributed by atoms with Crippen molar-refractivity contribution in [1.82, 2.24) is 5.32 Å². The normalized spacial score (nSPS) is 12.0. The largest absolute Gasteiger partial charge is 0.444 e. The lowest BCUT2D eigenvalue weighted by atomic mass is 10.0. The molecule has 0 bridgehead atoms. The van der Waals surface area contributed by atoms with Gasteiger partial charge in [0.15, 0.2) is 0 Å². The first-order valence-corrected chi connectivity index (χ1v) is 7.48. The fraction of sp³-hybridized carbons (Fsp3) is 0.471. The summed E-state index contributed by atoms with van der Waals surface area (Å²) in [6, 6.07) is 7.07. The average molecular weight is 317 g/mol. The summed E-state index contributed by atoms with van der Waals surface area (Å²) in [6.45, 7) is 7.30. The summed E-state index contributed by atoms with van der Waals surface area (Å²) in [5, 5.41) is 14.4. The van der Waals surface area contributed by atoms with E-state index in [0.29, 0.717) is 30.5 Å². The number of nitrogens with one attached hydrogen (secondary N) is 2. The summed E-state index contributed by atoms with van der Waals surface area (Å²) in [7, 11) is 0. The Morgan fingerprint density at radius 1 is 1.43 bits per heavy atom. The number of nitrogens with zero attached hydrogens (tertiary/aromatic N) is 1. The number of alkyl carbamates (subject to hydrolysis) is 1. The molecule has 124 valence electrons. The van der Waals surface area contributed by atoms with Gasteiger partial charge < -0.3 is 15.4 Å². The molecule has 1 aromatic carbocycles. The Balaban J connectivity index is 2.64. The van der Waals surface area contributed by atoms with Gasteiger partial charge in [0, 0.05) is 11.7 Å². The number of amides is 2. The molecule has 0 heterocycles. The Morgan fingerprint density at radius 3 is 2.70 bits per heavy atom. The highest BCUT2D eigenvalue weighted by Gasteiger charge is 2.17. The molecule has 2 N–H and O–H groups in total. The zero-order chi connectivity index (χ0) is 17.5. The van der Waals surface area contributed by atoms with Crippen LogP contribution in [0.1, 0.15) is 45.2 Å². The topological polar surface area (TPSA) is 91.2 Å². The quantitative estimate of drug-likeness (QED) is 0.789. The van der Waals surface area contributed by atoms with Gasteiger partial charge in [-0.25, -0.2) is 4.79 Å². The van der Waals surface area contributed by atoms with E-state index in [-0.39, 0.29) is 6.04 Å². The van der Waals surface area contributed by atoms with Crippen molar-refractivity contribution in [1.29, 1.82) is 5.26 Å². The number of hydrogen-bond donors (Lipinski definition) is 2. The molecule has 6 nitrogen and oxygen atoms in total. The van der Waals surface area contributed by atoms with Gasteiger partial charge in [-0.2, -0.15) is 5.26 Å². The van der Waals surface area contributed by atoms with E-state index in [1.54, 1.807) is 18.2 Å². The van der Waals surface area contributed by atoms with E-state index in [1.165, 1.54) is 0 Å². The first-order chi connectivity index (χ1) is 10.7. The van der Waals surface area contributed by atoms with Crippen LogP contribution in [-0.4, -0.2) is 24.1 Å².